The van der Waals surface area contributed by atoms with Crippen molar-refractivity contribution in [1.82, 2.24) is 14.8 Å². The Labute approximate surface area is 260 Å². The van der Waals surface area contributed by atoms with Crippen molar-refractivity contribution >= 4 is 34.3 Å². The van der Waals surface area contributed by atoms with Crippen LogP contribution in [0.15, 0.2) is 66.9 Å². The number of fused-ring (bicyclic) bond motifs is 2. The summed E-state index contributed by atoms with van der Waals surface area (Å²) in [7, 11) is 6.50. The molecule has 11 nitrogen and oxygen atoms in total. The van der Waals surface area contributed by atoms with E-state index < -0.39 is 24.1 Å². The number of aliphatic hydroxyl groups excluding tert-OH is 1. The van der Waals surface area contributed by atoms with E-state index in [-0.39, 0.29) is 37.7 Å². The number of ether oxygens (including phenoxy) is 3. The molecule has 1 aromatic heterocycles. The molecule has 6 rings (SSSR count). The summed E-state index contributed by atoms with van der Waals surface area (Å²) in [6, 6.07) is 16.7. The van der Waals surface area contributed by atoms with E-state index in [0.29, 0.717) is 28.5 Å². The molecule has 4 aromatic rings. The Morgan fingerprint density at radius 1 is 0.956 bits per heavy atom. The monoisotopic (exact) mass is 612 g/mol. The smallest absolute Gasteiger partial charge is 0.256 e. The number of nitrogens with one attached hydrogen (secondary N) is 1. The van der Waals surface area contributed by atoms with Gasteiger partial charge in [0.1, 0.15) is 17.8 Å². The van der Waals surface area contributed by atoms with Crippen molar-refractivity contribution < 1.29 is 33.7 Å². The second-order valence-corrected chi connectivity index (χ2v) is 11.4. The molecule has 2 aliphatic heterocycles. The van der Waals surface area contributed by atoms with Crippen molar-refractivity contribution in [1.29, 1.82) is 0 Å². The van der Waals surface area contributed by atoms with Gasteiger partial charge in [-0.1, -0.05) is 36.4 Å². The molecule has 234 valence electrons. The molecule has 3 aromatic carbocycles. The molecule has 0 saturated carbocycles. The number of rotatable bonds is 8. The highest BCUT2D eigenvalue weighted by molar-refractivity contribution is 6.09. The normalized spacial score (nSPS) is 19.4. The molecule has 0 radical (unpaired) electrons. The van der Waals surface area contributed by atoms with Gasteiger partial charge < -0.3 is 39.0 Å². The molecule has 2 unspecified atom stereocenters. The lowest BCUT2D eigenvalue weighted by Crippen LogP contribution is -2.56. The summed E-state index contributed by atoms with van der Waals surface area (Å²) in [5, 5.41) is 14.3. The number of likely N-dealkylation sites (tertiary alicyclic amines) is 1. The maximum absolute atomic E-state index is 14.1. The minimum atomic E-state index is -0.950. The van der Waals surface area contributed by atoms with Crippen molar-refractivity contribution in [3.8, 4) is 17.2 Å². The third-order valence-corrected chi connectivity index (χ3v) is 8.67. The summed E-state index contributed by atoms with van der Waals surface area (Å²) in [5.41, 5.74) is 3.54. The molecular formula is C34H36N4O7. The van der Waals surface area contributed by atoms with Crippen molar-refractivity contribution in [3.05, 3.63) is 83.6 Å². The number of hydrogen-bond acceptors (Lipinski definition) is 7. The van der Waals surface area contributed by atoms with Crippen LogP contribution in [0.3, 0.4) is 0 Å². The molecule has 0 spiro atoms. The van der Waals surface area contributed by atoms with Gasteiger partial charge in [-0.15, -0.1) is 0 Å². The standard InChI is InChI=1S/C34H36N4O7/c1-36-19-24(23-10-6-7-11-26(23)36)33(41)38-18-22(39)15-28(38)32(40)35-25-13-21-14-30(44-3)31(45-4)16-27(21)37(34(25)42)17-20-9-5-8-12-29(20)43-2/h5-12,14,16,19,22,25,28,39H,13,15,17-18H2,1-4H3,(H,35,40)/t22-,25?,28?/m1/s1. The first-order chi connectivity index (χ1) is 21.7. The number of carbonyl (C=O) groups excluding carboxylic acids is 3. The second kappa shape index (κ2) is 12.2. The third kappa shape index (κ3) is 5.44. The van der Waals surface area contributed by atoms with Crippen LogP contribution in [0.2, 0.25) is 0 Å². The van der Waals surface area contributed by atoms with E-state index in [0.717, 1.165) is 22.0 Å². The number of carbonyl (C=O) groups is 3. The predicted octanol–water partition coefficient (Wildman–Crippen LogP) is 3.05. The molecule has 0 aliphatic carbocycles. The highest BCUT2D eigenvalue weighted by Gasteiger charge is 2.42. The molecule has 2 N–H and O–H groups in total. The van der Waals surface area contributed by atoms with Crippen LogP contribution in [0.1, 0.15) is 27.9 Å². The van der Waals surface area contributed by atoms with E-state index in [1.807, 2.05) is 66.2 Å². The Bertz CT molecular complexity index is 1780. The maximum Gasteiger partial charge on any atom is 0.256 e. The van der Waals surface area contributed by atoms with E-state index in [4.69, 9.17) is 14.2 Å². The second-order valence-electron chi connectivity index (χ2n) is 11.4. The number of anilines is 1. The average Bonchev–Trinajstić information content (AvgIpc) is 3.62. The van der Waals surface area contributed by atoms with Crippen LogP contribution in [0.25, 0.3) is 10.9 Å². The van der Waals surface area contributed by atoms with E-state index in [2.05, 4.69) is 5.32 Å². The fourth-order valence-electron chi connectivity index (χ4n) is 6.44. The minimum absolute atomic E-state index is 0.0124. The Hall–Kier alpha value is -5.03. The fraction of sp³-hybridized carbons (Fsp3) is 0.324. The summed E-state index contributed by atoms with van der Waals surface area (Å²) < 4.78 is 18.5. The largest absolute Gasteiger partial charge is 0.496 e. The lowest BCUT2D eigenvalue weighted by Gasteiger charge is -2.36. The fourth-order valence-corrected chi connectivity index (χ4v) is 6.44. The van der Waals surface area contributed by atoms with E-state index in [1.165, 1.54) is 19.1 Å². The number of amides is 3. The molecule has 45 heavy (non-hydrogen) atoms. The number of nitrogens with zero attached hydrogens (tertiary/aromatic N) is 3. The lowest BCUT2D eigenvalue weighted by atomic mass is 9.95. The highest BCUT2D eigenvalue weighted by Crippen LogP contribution is 2.39. The minimum Gasteiger partial charge on any atom is -0.496 e. The molecular weight excluding hydrogens is 576 g/mol. The van der Waals surface area contributed by atoms with E-state index in [1.54, 1.807) is 24.3 Å². The van der Waals surface area contributed by atoms with Gasteiger partial charge in [0.15, 0.2) is 11.5 Å². The SMILES string of the molecule is COc1ccccc1CN1C(=O)C(NC(=O)C2C[C@@H](O)CN2C(=O)c2cn(C)c3ccccc23)Cc2cc(OC)c(OC)cc21. The highest BCUT2D eigenvalue weighted by atomic mass is 16.5. The van der Waals surface area contributed by atoms with Crippen molar-refractivity contribution in [3.63, 3.8) is 0 Å². The van der Waals surface area contributed by atoms with E-state index in [9.17, 15) is 19.5 Å². The van der Waals surface area contributed by atoms with Crippen LogP contribution in [-0.4, -0.2) is 78.4 Å². The zero-order valence-electron chi connectivity index (χ0n) is 25.6. The summed E-state index contributed by atoms with van der Waals surface area (Å²) in [4.78, 5) is 44.8. The molecule has 11 heteroatoms. The van der Waals surface area contributed by atoms with Gasteiger partial charge in [0.25, 0.3) is 5.91 Å². The average molecular weight is 613 g/mol. The Morgan fingerprint density at radius 2 is 1.64 bits per heavy atom. The first-order valence-electron chi connectivity index (χ1n) is 14.8. The maximum atomic E-state index is 14.1. The number of para-hydroxylation sites is 2. The predicted molar refractivity (Wildman–Crippen MR) is 168 cm³/mol. The number of aromatic nitrogens is 1. The van der Waals surface area contributed by atoms with Gasteiger partial charge in [0.05, 0.1) is 45.2 Å². The number of benzene rings is 3. The van der Waals surface area contributed by atoms with Gasteiger partial charge in [-0.2, -0.15) is 0 Å². The van der Waals surface area contributed by atoms with Crippen molar-refractivity contribution in [2.24, 2.45) is 7.05 Å². The summed E-state index contributed by atoms with van der Waals surface area (Å²) in [5.74, 6) is 0.427. The zero-order chi connectivity index (χ0) is 31.8. The number of aliphatic hydroxyl groups is 1. The summed E-state index contributed by atoms with van der Waals surface area (Å²) in [6.07, 6.45) is 1.14. The molecule has 3 amide bonds. The molecule has 0 bridgehead atoms. The molecule has 1 saturated heterocycles. The Kier molecular flexibility index (Phi) is 8.11. The van der Waals surface area contributed by atoms with Crippen LogP contribution < -0.4 is 24.4 Å². The lowest BCUT2D eigenvalue weighted by molar-refractivity contribution is -0.130. The van der Waals surface area contributed by atoms with Crippen LogP contribution in [0.5, 0.6) is 17.2 Å². The van der Waals surface area contributed by atoms with E-state index >= 15 is 0 Å². The Balaban J connectivity index is 1.30. The van der Waals surface area contributed by atoms with Gasteiger partial charge in [0, 0.05) is 55.2 Å². The number of aryl methyl sites for hydroxylation is 1. The topological polar surface area (TPSA) is 123 Å². The van der Waals surface area contributed by atoms with Crippen molar-refractivity contribution in [2.75, 3.05) is 32.8 Å². The molecule has 3 heterocycles. The number of hydrogen-bond donors (Lipinski definition) is 2. The van der Waals surface area contributed by atoms with Gasteiger partial charge in [-0.25, -0.2) is 0 Å². The first-order valence-corrected chi connectivity index (χ1v) is 14.8. The molecule has 1 fully saturated rings. The van der Waals surface area contributed by atoms with Crippen LogP contribution in [0.4, 0.5) is 5.69 Å². The van der Waals surface area contributed by atoms with Crippen LogP contribution in [-0.2, 0) is 29.6 Å². The van der Waals surface area contributed by atoms with Gasteiger partial charge >= 0.3 is 0 Å². The van der Waals surface area contributed by atoms with Gasteiger partial charge in [-0.3, -0.25) is 14.4 Å². The third-order valence-electron chi connectivity index (χ3n) is 8.67. The number of methoxy groups -OCH3 is 3. The number of β-amino-alcohol motifs (C(OH)–C–C–N with tert-alkyl or cyclic N) is 1. The quantitative estimate of drug-likeness (QED) is 0.314. The van der Waals surface area contributed by atoms with Gasteiger partial charge in [-0.05, 0) is 23.8 Å². The van der Waals surface area contributed by atoms with Crippen molar-refractivity contribution in [2.45, 2.75) is 37.6 Å². The first kappa shape index (κ1) is 30.0. The van der Waals surface area contributed by atoms with Crippen LogP contribution >= 0.6 is 0 Å². The Morgan fingerprint density at radius 3 is 2.40 bits per heavy atom. The zero-order valence-corrected chi connectivity index (χ0v) is 25.6. The summed E-state index contributed by atoms with van der Waals surface area (Å²) >= 11 is 0. The molecule has 3 atom stereocenters. The summed E-state index contributed by atoms with van der Waals surface area (Å²) in [6.45, 7) is 0.198. The van der Waals surface area contributed by atoms with Gasteiger partial charge in [0.2, 0.25) is 11.8 Å². The molecule has 2 aliphatic rings. The van der Waals surface area contributed by atoms with Crippen LogP contribution in [0, 0.1) is 0 Å².